The van der Waals surface area contributed by atoms with E-state index in [1.807, 2.05) is 30.3 Å². The van der Waals surface area contributed by atoms with Crippen LogP contribution in [0.3, 0.4) is 0 Å². The van der Waals surface area contributed by atoms with E-state index in [9.17, 15) is 0 Å². The third-order valence-corrected chi connectivity index (χ3v) is 8.29. The van der Waals surface area contributed by atoms with Crippen LogP contribution in [0.15, 0.2) is 36.4 Å². The Morgan fingerprint density at radius 2 is 1.42 bits per heavy atom. The van der Waals surface area contributed by atoms with Gasteiger partial charge in [0.05, 0.1) is 10.8 Å². The van der Waals surface area contributed by atoms with Gasteiger partial charge in [0.25, 0.3) is 0 Å². The molecule has 0 amide bonds. The van der Waals surface area contributed by atoms with Crippen LogP contribution in [0, 0.1) is 0 Å². The molecule has 0 unspecified atom stereocenters. The summed E-state index contributed by atoms with van der Waals surface area (Å²) in [6, 6.07) is 9.52. The van der Waals surface area contributed by atoms with Crippen molar-refractivity contribution in [1.82, 2.24) is 0 Å². The molecule has 1 fully saturated rings. The molecule has 0 aliphatic heterocycles. The van der Waals surface area contributed by atoms with Gasteiger partial charge >= 0.3 is 0 Å². The summed E-state index contributed by atoms with van der Waals surface area (Å²) in [5, 5.41) is -1.31. The van der Waals surface area contributed by atoms with Gasteiger partial charge in [0.1, 0.15) is 9.75 Å². The molecular formula is C13H8Cl6. The van der Waals surface area contributed by atoms with E-state index >= 15 is 0 Å². The second-order valence-electron chi connectivity index (χ2n) is 4.78. The molecule has 0 N–H and O–H groups in total. The minimum atomic E-state index is -1.47. The van der Waals surface area contributed by atoms with Gasteiger partial charge in [-0.05, 0) is 11.1 Å². The van der Waals surface area contributed by atoms with Gasteiger partial charge in [0, 0.05) is 0 Å². The largest absolute Gasteiger partial charge is 0.166 e. The number of fused-ring (bicyclic) bond motifs is 2. The van der Waals surface area contributed by atoms with Gasteiger partial charge in [-0.25, -0.2) is 0 Å². The Hall–Kier alpha value is 0.700. The minimum absolute atomic E-state index is 0.643. The molecule has 1 aromatic carbocycles. The standard InChI is InChI=1S/C13H8Cl6/c14-9-10(15)12(17)8(7-4-2-1-3-5-7)6-11(9,16)13(12,18)19/h1-6,9-10H/t9-,10+,11+,12+/m1/s1. The number of benzene rings is 1. The topological polar surface area (TPSA) is 0 Å². The van der Waals surface area contributed by atoms with Crippen molar-refractivity contribution < 1.29 is 0 Å². The Morgan fingerprint density at radius 3 is 1.89 bits per heavy atom. The van der Waals surface area contributed by atoms with Crippen LogP contribution in [-0.2, 0) is 0 Å². The van der Waals surface area contributed by atoms with Crippen molar-refractivity contribution in [3.8, 4) is 0 Å². The second kappa shape index (κ2) is 4.35. The fourth-order valence-electron chi connectivity index (χ4n) is 2.75. The lowest BCUT2D eigenvalue weighted by Crippen LogP contribution is -2.44. The predicted octanol–water partition coefficient (Wildman–Crippen LogP) is 5.44. The SMILES string of the molecule is Cl[C@@H]1[C@H](Cl)[C@@]2(Cl)C(c3ccccc3)=C[C@@]1(Cl)C2(Cl)Cl. The molecule has 2 aliphatic carbocycles. The molecule has 6 heteroatoms. The fourth-order valence-corrected chi connectivity index (χ4v) is 5.66. The van der Waals surface area contributed by atoms with Crippen LogP contribution in [0.2, 0.25) is 0 Å². The molecule has 0 saturated heterocycles. The van der Waals surface area contributed by atoms with Crippen molar-refractivity contribution >= 4 is 75.2 Å². The van der Waals surface area contributed by atoms with Crippen LogP contribution in [0.25, 0.3) is 5.57 Å². The molecule has 2 aliphatic rings. The van der Waals surface area contributed by atoms with Gasteiger partial charge in [-0.15, -0.1) is 46.4 Å². The monoisotopic (exact) mass is 374 g/mol. The summed E-state index contributed by atoms with van der Waals surface area (Å²) in [6.45, 7) is 0. The number of allylic oxidation sites excluding steroid dienone is 2. The highest BCUT2D eigenvalue weighted by molar-refractivity contribution is 6.65. The summed E-state index contributed by atoms with van der Waals surface area (Å²) < 4.78 is -1.47. The van der Waals surface area contributed by atoms with E-state index in [2.05, 4.69) is 0 Å². The Bertz CT molecular complexity index is 554. The van der Waals surface area contributed by atoms with Gasteiger partial charge in [0.15, 0.2) is 4.33 Å². The van der Waals surface area contributed by atoms with E-state index in [0.29, 0.717) is 0 Å². The van der Waals surface area contributed by atoms with Crippen molar-refractivity contribution in [1.29, 1.82) is 0 Å². The summed E-state index contributed by atoms with van der Waals surface area (Å²) in [5.74, 6) is 0. The average molecular weight is 377 g/mol. The van der Waals surface area contributed by atoms with Crippen molar-refractivity contribution in [3.05, 3.63) is 42.0 Å². The number of hydrogen-bond acceptors (Lipinski definition) is 0. The summed E-state index contributed by atoms with van der Waals surface area (Å²) in [7, 11) is 0. The maximum absolute atomic E-state index is 6.69. The summed E-state index contributed by atoms with van der Waals surface area (Å²) >= 11 is 38.7. The smallest absolute Gasteiger partial charge is 0.119 e. The third-order valence-electron chi connectivity index (χ3n) is 3.81. The van der Waals surface area contributed by atoms with Crippen molar-refractivity contribution in [2.75, 3.05) is 0 Å². The Kier molecular flexibility index (Phi) is 3.35. The lowest BCUT2D eigenvalue weighted by atomic mass is 9.90. The Labute approximate surface area is 141 Å². The molecule has 0 radical (unpaired) electrons. The van der Waals surface area contributed by atoms with Crippen LogP contribution in [0.4, 0.5) is 0 Å². The first kappa shape index (κ1) is 14.6. The first-order valence-electron chi connectivity index (χ1n) is 5.59. The molecule has 1 aromatic rings. The number of hydrogen-bond donors (Lipinski definition) is 0. The highest BCUT2D eigenvalue weighted by Crippen LogP contribution is 2.72. The maximum atomic E-state index is 6.69. The van der Waals surface area contributed by atoms with E-state index in [4.69, 9.17) is 69.6 Å². The number of halogens is 6. The molecule has 4 atom stereocenters. The summed E-state index contributed by atoms with van der Waals surface area (Å²) in [4.78, 5) is -2.40. The van der Waals surface area contributed by atoms with Crippen LogP contribution < -0.4 is 0 Å². The van der Waals surface area contributed by atoms with Crippen LogP contribution in [0.1, 0.15) is 5.56 Å². The average Bonchev–Trinajstić information content (AvgIpc) is 2.62. The minimum Gasteiger partial charge on any atom is -0.119 e. The lowest BCUT2D eigenvalue weighted by Gasteiger charge is -2.33. The maximum Gasteiger partial charge on any atom is 0.166 e. The fraction of sp³-hybridized carbons (Fsp3) is 0.385. The van der Waals surface area contributed by atoms with Crippen LogP contribution in [-0.4, -0.2) is 24.8 Å². The van der Waals surface area contributed by atoms with E-state index in [1.54, 1.807) is 6.08 Å². The van der Waals surface area contributed by atoms with Gasteiger partial charge in [-0.2, -0.15) is 0 Å². The zero-order valence-electron chi connectivity index (χ0n) is 9.39. The van der Waals surface area contributed by atoms with Crippen LogP contribution >= 0.6 is 69.6 Å². The highest BCUT2D eigenvalue weighted by Gasteiger charge is 2.79. The molecule has 1 saturated carbocycles. The zero-order chi connectivity index (χ0) is 14.1. The lowest BCUT2D eigenvalue weighted by molar-refractivity contribution is 0.698. The van der Waals surface area contributed by atoms with Crippen molar-refractivity contribution in [3.63, 3.8) is 0 Å². The van der Waals surface area contributed by atoms with Gasteiger partial charge < -0.3 is 0 Å². The van der Waals surface area contributed by atoms with E-state index in [-0.39, 0.29) is 0 Å². The molecule has 0 heterocycles. The molecule has 3 rings (SSSR count). The molecule has 0 spiro atoms. The Balaban J connectivity index is 2.24. The predicted molar refractivity (Wildman–Crippen MR) is 85.3 cm³/mol. The number of rotatable bonds is 1. The number of alkyl halides is 6. The van der Waals surface area contributed by atoms with Crippen molar-refractivity contribution in [2.45, 2.75) is 24.8 Å². The quantitative estimate of drug-likeness (QED) is 0.572. The van der Waals surface area contributed by atoms with Gasteiger partial charge in [-0.1, -0.05) is 59.6 Å². The van der Waals surface area contributed by atoms with Gasteiger partial charge in [-0.3, -0.25) is 0 Å². The molecule has 102 valence electrons. The molecule has 0 nitrogen and oxygen atoms in total. The van der Waals surface area contributed by atoms with Crippen molar-refractivity contribution in [2.24, 2.45) is 0 Å². The van der Waals surface area contributed by atoms with E-state index in [1.165, 1.54) is 0 Å². The first-order chi connectivity index (χ1) is 8.77. The molecule has 0 aromatic heterocycles. The normalized spacial score (nSPS) is 43.4. The zero-order valence-corrected chi connectivity index (χ0v) is 13.9. The first-order valence-corrected chi connectivity index (χ1v) is 7.98. The second-order valence-corrected chi connectivity index (χ2v) is 8.27. The molecule has 19 heavy (non-hydrogen) atoms. The molecule has 2 bridgehead atoms. The van der Waals surface area contributed by atoms with E-state index < -0.39 is 24.8 Å². The Morgan fingerprint density at radius 1 is 0.842 bits per heavy atom. The third kappa shape index (κ3) is 1.57. The molecular weight excluding hydrogens is 369 g/mol. The van der Waals surface area contributed by atoms with E-state index in [0.717, 1.165) is 11.1 Å². The summed E-state index contributed by atoms with van der Waals surface area (Å²) in [6.07, 6.45) is 1.74. The summed E-state index contributed by atoms with van der Waals surface area (Å²) in [5.41, 5.74) is 1.62. The highest BCUT2D eigenvalue weighted by atomic mass is 35.5. The van der Waals surface area contributed by atoms with Gasteiger partial charge in [0.2, 0.25) is 0 Å². The van der Waals surface area contributed by atoms with Crippen LogP contribution in [0.5, 0.6) is 0 Å².